The van der Waals surface area contributed by atoms with Gasteiger partial charge in [-0.1, -0.05) is 60.7 Å². The van der Waals surface area contributed by atoms with Gasteiger partial charge in [-0.3, -0.25) is 15.1 Å². The Hall–Kier alpha value is -2.50. The van der Waals surface area contributed by atoms with E-state index in [1.807, 2.05) is 60.7 Å². The predicted molar refractivity (Wildman–Crippen MR) is 108 cm³/mol. The maximum Gasteiger partial charge on any atom is 0.323 e. The number of ether oxygens (including phenoxy) is 2. The van der Waals surface area contributed by atoms with Crippen molar-refractivity contribution in [3.63, 3.8) is 0 Å². The van der Waals surface area contributed by atoms with Crippen LogP contribution in [-0.4, -0.2) is 31.0 Å². The first kappa shape index (κ1) is 18.8. The molecular weight excluding hydrogens is 352 g/mol. The topological polar surface area (TPSA) is 59.9 Å². The molecule has 0 aromatic heterocycles. The van der Waals surface area contributed by atoms with Crippen LogP contribution in [0, 0.1) is 11.8 Å². The minimum absolute atomic E-state index is 0.155. The van der Waals surface area contributed by atoms with Crippen molar-refractivity contribution >= 4 is 11.7 Å². The van der Waals surface area contributed by atoms with E-state index < -0.39 is 0 Å². The molecule has 1 aliphatic carbocycles. The zero-order chi connectivity index (χ0) is 19.2. The predicted octanol–water partition coefficient (Wildman–Crippen LogP) is 3.34. The van der Waals surface area contributed by atoms with E-state index in [0.717, 1.165) is 29.7 Å². The summed E-state index contributed by atoms with van der Waals surface area (Å²) >= 11 is 0. The number of hydrogen-bond acceptors (Lipinski definition) is 5. The zero-order valence-electron chi connectivity index (χ0n) is 15.9. The Bertz CT molecular complexity index is 807. The van der Waals surface area contributed by atoms with E-state index >= 15 is 0 Å². The zero-order valence-corrected chi connectivity index (χ0v) is 15.9. The van der Waals surface area contributed by atoms with Gasteiger partial charge in [0.15, 0.2) is 0 Å². The van der Waals surface area contributed by atoms with E-state index in [-0.39, 0.29) is 17.9 Å². The van der Waals surface area contributed by atoms with Crippen LogP contribution in [-0.2, 0) is 27.5 Å². The molecule has 146 valence electrons. The van der Waals surface area contributed by atoms with Crippen molar-refractivity contribution in [3.05, 3.63) is 71.8 Å². The summed E-state index contributed by atoms with van der Waals surface area (Å²) in [4.78, 5) is 17.2. The fourth-order valence-electron chi connectivity index (χ4n) is 3.95. The number of aliphatic imine (C=N–C) groups is 1. The monoisotopic (exact) mass is 378 g/mol. The first-order valence-electron chi connectivity index (χ1n) is 9.90. The lowest BCUT2D eigenvalue weighted by atomic mass is 9.65. The van der Waals surface area contributed by atoms with Crippen molar-refractivity contribution in [3.8, 4) is 0 Å². The smallest absolute Gasteiger partial charge is 0.323 e. The normalized spacial score (nSPS) is 25.0. The highest BCUT2D eigenvalue weighted by atomic mass is 16.5. The molecule has 0 spiro atoms. The molecule has 2 aliphatic rings. The molecule has 1 aliphatic heterocycles. The highest BCUT2D eigenvalue weighted by Gasteiger charge is 2.46. The molecule has 1 N–H and O–H groups in total. The number of fused-ring (bicyclic) bond motifs is 1. The summed E-state index contributed by atoms with van der Waals surface area (Å²) < 4.78 is 11.2. The number of piperidine rings is 1. The summed E-state index contributed by atoms with van der Waals surface area (Å²) in [6.07, 6.45) is 2.12. The van der Waals surface area contributed by atoms with Crippen molar-refractivity contribution in [2.24, 2.45) is 16.8 Å². The maximum absolute atomic E-state index is 12.5. The van der Waals surface area contributed by atoms with Crippen molar-refractivity contribution in [1.29, 1.82) is 0 Å². The van der Waals surface area contributed by atoms with Gasteiger partial charge in [0.1, 0.15) is 19.4 Å². The van der Waals surface area contributed by atoms with Gasteiger partial charge in [0, 0.05) is 18.2 Å². The first-order valence-corrected chi connectivity index (χ1v) is 9.90. The number of carbonyl (C=O) groups is 1. The Balaban J connectivity index is 1.25. The molecule has 5 heteroatoms. The second-order valence-electron chi connectivity index (χ2n) is 7.41. The van der Waals surface area contributed by atoms with E-state index in [4.69, 9.17) is 9.47 Å². The lowest BCUT2D eigenvalue weighted by Crippen LogP contribution is -2.59. The molecule has 3 unspecified atom stereocenters. The van der Waals surface area contributed by atoms with Gasteiger partial charge in [-0.25, -0.2) is 0 Å². The van der Waals surface area contributed by atoms with E-state index in [1.165, 1.54) is 0 Å². The first-order chi connectivity index (χ1) is 13.8. The van der Waals surface area contributed by atoms with E-state index in [2.05, 4.69) is 10.3 Å². The van der Waals surface area contributed by atoms with Crippen molar-refractivity contribution in [2.75, 3.05) is 13.3 Å². The molecule has 1 saturated carbocycles. The van der Waals surface area contributed by atoms with Gasteiger partial charge < -0.3 is 9.47 Å². The molecule has 28 heavy (non-hydrogen) atoms. The highest BCUT2D eigenvalue weighted by molar-refractivity contribution is 5.93. The number of carbonyl (C=O) groups excluding carboxylic acids is 1. The van der Waals surface area contributed by atoms with Crippen LogP contribution in [0.2, 0.25) is 0 Å². The number of rotatable bonds is 7. The molecule has 0 amide bonds. The van der Waals surface area contributed by atoms with Crippen molar-refractivity contribution in [1.82, 2.24) is 5.32 Å². The Kier molecular flexibility index (Phi) is 6.14. The van der Waals surface area contributed by atoms with E-state index in [0.29, 0.717) is 32.4 Å². The van der Waals surface area contributed by atoms with E-state index in [1.54, 1.807) is 0 Å². The number of nitrogens with one attached hydrogen (secondary N) is 1. The van der Waals surface area contributed by atoms with Gasteiger partial charge in [0.05, 0.1) is 6.61 Å². The lowest BCUT2D eigenvalue weighted by molar-refractivity contribution is -0.151. The summed E-state index contributed by atoms with van der Waals surface area (Å²) in [6.45, 7) is 1.87. The average Bonchev–Trinajstić information content (AvgIpc) is 2.72. The molecule has 4 rings (SSSR count). The van der Waals surface area contributed by atoms with E-state index in [9.17, 15) is 4.79 Å². The summed E-state index contributed by atoms with van der Waals surface area (Å²) in [5, 5.41) is 3.33. The fourth-order valence-corrected chi connectivity index (χ4v) is 3.95. The van der Waals surface area contributed by atoms with Crippen LogP contribution in [0.25, 0.3) is 0 Å². The Morgan fingerprint density at radius 1 is 0.964 bits per heavy atom. The second kappa shape index (κ2) is 9.13. The van der Waals surface area contributed by atoms with Crippen molar-refractivity contribution < 1.29 is 14.3 Å². The Labute approximate surface area is 165 Å². The van der Waals surface area contributed by atoms with Crippen LogP contribution >= 0.6 is 0 Å². The summed E-state index contributed by atoms with van der Waals surface area (Å²) in [6, 6.07) is 19.7. The SMILES string of the molecule is O=C(OCc1ccccc1)C1NCC(=NCOCc2ccccc2)C2CCC21. The molecule has 1 saturated heterocycles. The van der Waals surface area contributed by atoms with Gasteiger partial charge in [-0.05, 0) is 29.9 Å². The lowest BCUT2D eigenvalue weighted by Gasteiger charge is -2.45. The number of hydrogen-bond donors (Lipinski definition) is 1. The van der Waals surface area contributed by atoms with Crippen LogP contribution < -0.4 is 5.32 Å². The van der Waals surface area contributed by atoms with Gasteiger partial charge in [0.25, 0.3) is 0 Å². The quantitative estimate of drug-likeness (QED) is 0.593. The molecule has 5 nitrogen and oxygen atoms in total. The Morgan fingerprint density at radius 3 is 2.29 bits per heavy atom. The second-order valence-corrected chi connectivity index (χ2v) is 7.41. The molecule has 2 aromatic rings. The largest absolute Gasteiger partial charge is 0.460 e. The minimum Gasteiger partial charge on any atom is -0.460 e. The molecule has 3 atom stereocenters. The minimum atomic E-state index is -0.230. The number of benzene rings is 2. The summed E-state index contributed by atoms with van der Waals surface area (Å²) in [7, 11) is 0. The summed E-state index contributed by atoms with van der Waals surface area (Å²) in [5.41, 5.74) is 3.28. The third-order valence-corrected chi connectivity index (χ3v) is 5.64. The molecule has 2 aromatic carbocycles. The maximum atomic E-state index is 12.5. The highest BCUT2D eigenvalue weighted by Crippen LogP contribution is 2.40. The number of nitrogens with zero attached hydrogens (tertiary/aromatic N) is 1. The Morgan fingerprint density at radius 2 is 1.64 bits per heavy atom. The molecular formula is C23H26N2O3. The number of esters is 1. The van der Waals surface area contributed by atoms with Gasteiger partial charge in [-0.15, -0.1) is 0 Å². The fraction of sp³-hybridized carbons (Fsp3) is 0.391. The third kappa shape index (κ3) is 4.49. The molecule has 0 bridgehead atoms. The van der Waals surface area contributed by atoms with Gasteiger partial charge in [0.2, 0.25) is 0 Å². The standard InChI is InChI=1S/C23H26N2O3/c26-23(28-15-18-9-5-2-6-10-18)22-20-12-11-19(20)21(13-24-22)25-16-27-14-17-7-3-1-4-8-17/h1-10,19-20,22,24H,11-16H2. The van der Waals surface area contributed by atoms with Crippen LogP contribution in [0.4, 0.5) is 0 Å². The average molecular weight is 378 g/mol. The molecule has 2 fully saturated rings. The van der Waals surface area contributed by atoms with Crippen LogP contribution in [0.1, 0.15) is 24.0 Å². The summed E-state index contributed by atoms with van der Waals surface area (Å²) in [5.74, 6) is 0.499. The van der Waals surface area contributed by atoms with Crippen LogP contribution in [0.5, 0.6) is 0 Å². The van der Waals surface area contributed by atoms with Crippen molar-refractivity contribution in [2.45, 2.75) is 32.1 Å². The third-order valence-electron chi connectivity index (χ3n) is 5.64. The molecule has 0 radical (unpaired) electrons. The van der Waals surface area contributed by atoms with Crippen LogP contribution in [0.3, 0.4) is 0 Å². The van der Waals surface area contributed by atoms with Crippen LogP contribution in [0.15, 0.2) is 65.7 Å². The van der Waals surface area contributed by atoms with Gasteiger partial charge >= 0.3 is 5.97 Å². The van der Waals surface area contributed by atoms with Gasteiger partial charge in [-0.2, -0.15) is 0 Å². The molecule has 1 heterocycles.